The summed E-state index contributed by atoms with van der Waals surface area (Å²) in [6.45, 7) is 2.21. The Morgan fingerprint density at radius 3 is 2.58 bits per heavy atom. The van der Waals surface area contributed by atoms with Crippen molar-refractivity contribution in [2.45, 2.75) is 38.7 Å². The Balaban J connectivity index is 2.16. The molecule has 2 unspecified atom stereocenters. The molecule has 0 aliphatic heterocycles. The Morgan fingerprint density at radius 2 is 1.95 bits per heavy atom. The van der Waals surface area contributed by atoms with Gasteiger partial charge in [-0.25, -0.2) is 5.84 Å². The number of aromatic nitrogens is 3. The first kappa shape index (κ1) is 13.8. The van der Waals surface area contributed by atoms with Gasteiger partial charge in [-0.1, -0.05) is 13.3 Å². The van der Waals surface area contributed by atoms with Crippen LogP contribution in [0.25, 0.3) is 0 Å². The molecule has 1 aliphatic carbocycles. The van der Waals surface area contributed by atoms with Gasteiger partial charge in [-0.2, -0.15) is 15.0 Å². The molecule has 3 N–H and O–H groups in total. The van der Waals surface area contributed by atoms with Gasteiger partial charge in [-0.15, -0.1) is 0 Å². The number of hydrogen-bond donors (Lipinski definition) is 2. The predicted octanol–water partition coefficient (Wildman–Crippen LogP) is 1.18. The van der Waals surface area contributed by atoms with Crippen molar-refractivity contribution in [1.29, 1.82) is 0 Å². The van der Waals surface area contributed by atoms with Gasteiger partial charge in [0.15, 0.2) is 0 Å². The molecule has 19 heavy (non-hydrogen) atoms. The molecule has 1 aliphatic rings. The van der Waals surface area contributed by atoms with Crippen molar-refractivity contribution in [3.05, 3.63) is 0 Å². The molecule has 1 saturated carbocycles. The molecule has 1 aromatic rings. The summed E-state index contributed by atoms with van der Waals surface area (Å²) in [6, 6.07) is 0.338. The highest BCUT2D eigenvalue weighted by atomic mass is 16.5. The fraction of sp³-hybridized carbons (Fsp3) is 0.750. The van der Waals surface area contributed by atoms with Gasteiger partial charge in [0.25, 0.3) is 0 Å². The maximum Gasteiger partial charge on any atom is 0.323 e. The molecule has 0 bridgehead atoms. The van der Waals surface area contributed by atoms with Gasteiger partial charge in [0.1, 0.15) is 6.10 Å². The summed E-state index contributed by atoms with van der Waals surface area (Å²) >= 11 is 0. The monoisotopic (exact) mass is 266 g/mol. The summed E-state index contributed by atoms with van der Waals surface area (Å²) in [6.07, 6.45) is 4.89. The van der Waals surface area contributed by atoms with Crippen molar-refractivity contribution in [3.8, 4) is 6.01 Å². The quantitative estimate of drug-likeness (QED) is 0.624. The molecule has 0 amide bonds. The van der Waals surface area contributed by atoms with Gasteiger partial charge in [-0.05, 0) is 25.2 Å². The third-order valence-electron chi connectivity index (χ3n) is 3.42. The molecule has 7 nitrogen and oxygen atoms in total. The van der Waals surface area contributed by atoms with Crippen molar-refractivity contribution in [1.82, 2.24) is 15.0 Å². The number of nitrogens with one attached hydrogen (secondary N) is 1. The molecule has 1 fully saturated rings. The summed E-state index contributed by atoms with van der Waals surface area (Å²) in [5.74, 6) is 6.75. The molecule has 7 heteroatoms. The van der Waals surface area contributed by atoms with Gasteiger partial charge < -0.3 is 9.64 Å². The van der Waals surface area contributed by atoms with E-state index in [1.54, 1.807) is 4.90 Å². The van der Waals surface area contributed by atoms with Gasteiger partial charge in [0.2, 0.25) is 11.9 Å². The minimum Gasteiger partial charge on any atom is -0.460 e. The molecule has 0 radical (unpaired) electrons. The largest absolute Gasteiger partial charge is 0.460 e. The van der Waals surface area contributed by atoms with Crippen LogP contribution in [-0.2, 0) is 0 Å². The van der Waals surface area contributed by atoms with E-state index < -0.39 is 0 Å². The fourth-order valence-corrected chi connectivity index (χ4v) is 2.26. The number of anilines is 2. The molecule has 0 spiro atoms. The van der Waals surface area contributed by atoms with Crippen LogP contribution >= 0.6 is 0 Å². The molecular formula is C12H22N6O. The number of nitrogens with zero attached hydrogens (tertiary/aromatic N) is 4. The molecule has 1 aromatic heterocycles. The lowest BCUT2D eigenvalue weighted by Gasteiger charge is -2.28. The van der Waals surface area contributed by atoms with E-state index in [4.69, 9.17) is 10.6 Å². The number of hydrogen-bond acceptors (Lipinski definition) is 7. The highest BCUT2D eigenvalue weighted by Crippen LogP contribution is 2.27. The predicted molar refractivity (Wildman–Crippen MR) is 74.0 cm³/mol. The van der Waals surface area contributed by atoms with Crippen LogP contribution in [0.2, 0.25) is 0 Å². The SMILES string of the molecule is CC1CCCCC1Oc1nc(NN)nc(N(C)C)n1. The fourth-order valence-electron chi connectivity index (χ4n) is 2.26. The lowest BCUT2D eigenvalue weighted by molar-refractivity contribution is 0.0923. The Morgan fingerprint density at radius 1 is 1.21 bits per heavy atom. The van der Waals surface area contributed by atoms with Crippen LogP contribution in [0, 0.1) is 5.92 Å². The highest BCUT2D eigenvalue weighted by Gasteiger charge is 2.24. The number of rotatable bonds is 4. The van der Waals surface area contributed by atoms with E-state index in [1.165, 1.54) is 19.3 Å². The zero-order valence-corrected chi connectivity index (χ0v) is 11.8. The summed E-state index contributed by atoms with van der Waals surface area (Å²) < 4.78 is 5.92. The highest BCUT2D eigenvalue weighted by molar-refractivity contribution is 5.36. The Labute approximate surface area is 113 Å². The van der Waals surface area contributed by atoms with Crippen molar-refractivity contribution in [3.63, 3.8) is 0 Å². The van der Waals surface area contributed by atoms with E-state index in [2.05, 4.69) is 27.3 Å². The van der Waals surface area contributed by atoms with E-state index in [1.807, 2.05) is 14.1 Å². The lowest BCUT2D eigenvalue weighted by Crippen LogP contribution is -2.29. The minimum atomic E-state index is 0.178. The Bertz CT molecular complexity index is 425. The first-order valence-electron chi connectivity index (χ1n) is 6.67. The van der Waals surface area contributed by atoms with Crippen molar-refractivity contribution >= 4 is 11.9 Å². The number of nitrogens with two attached hydrogens (primary N) is 1. The molecule has 0 saturated heterocycles. The third kappa shape index (κ3) is 3.44. The molecule has 106 valence electrons. The van der Waals surface area contributed by atoms with Gasteiger partial charge in [0.05, 0.1) is 0 Å². The molecular weight excluding hydrogens is 244 g/mol. The van der Waals surface area contributed by atoms with Crippen LogP contribution < -0.4 is 20.9 Å². The standard InChI is InChI=1S/C12H22N6O/c1-8-6-4-5-7-9(8)19-12-15-10(17-13)14-11(16-12)18(2)3/h8-9H,4-7,13H2,1-3H3,(H,14,15,16,17). The smallest absolute Gasteiger partial charge is 0.323 e. The Hall–Kier alpha value is -1.63. The first-order valence-corrected chi connectivity index (χ1v) is 6.67. The molecule has 2 rings (SSSR count). The Kier molecular flexibility index (Phi) is 4.36. The van der Waals surface area contributed by atoms with E-state index in [0.717, 1.165) is 6.42 Å². The van der Waals surface area contributed by atoms with E-state index in [-0.39, 0.29) is 6.10 Å². The van der Waals surface area contributed by atoms with Gasteiger partial charge in [-0.3, -0.25) is 5.43 Å². The van der Waals surface area contributed by atoms with E-state index >= 15 is 0 Å². The van der Waals surface area contributed by atoms with E-state index in [0.29, 0.717) is 23.8 Å². The zero-order valence-electron chi connectivity index (χ0n) is 11.8. The van der Waals surface area contributed by atoms with Crippen molar-refractivity contribution in [2.75, 3.05) is 24.4 Å². The molecule has 1 heterocycles. The van der Waals surface area contributed by atoms with Crippen LogP contribution in [-0.4, -0.2) is 35.2 Å². The maximum atomic E-state index is 5.92. The summed E-state index contributed by atoms with van der Waals surface area (Å²) in [5.41, 5.74) is 2.44. The average Bonchev–Trinajstić information content (AvgIpc) is 2.41. The van der Waals surface area contributed by atoms with Crippen LogP contribution in [0.3, 0.4) is 0 Å². The minimum absolute atomic E-state index is 0.178. The lowest BCUT2D eigenvalue weighted by atomic mass is 9.88. The van der Waals surface area contributed by atoms with Crippen LogP contribution in [0.15, 0.2) is 0 Å². The van der Waals surface area contributed by atoms with E-state index in [9.17, 15) is 0 Å². The number of hydrazine groups is 1. The maximum absolute atomic E-state index is 5.92. The summed E-state index contributed by atoms with van der Waals surface area (Å²) in [7, 11) is 3.73. The van der Waals surface area contributed by atoms with Crippen LogP contribution in [0.5, 0.6) is 6.01 Å². The second kappa shape index (κ2) is 6.01. The molecule has 0 aromatic carbocycles. The topological polar surface area (TPSA) is 89.2 Å². The van der Waals surface area contributed by atoms with Crippen molar-refractivity contribution in [2.24, 2.45) is 11.8 Å². The second-order valence-electron chi connectivity index (χ2n) is 5.20. The third-order valence-corrected chi connectivity index (χ3v) is 3.42. The zero-order chi connectivity index (χ0) is 13.8. The van der Waals surface area contributed by atoms with Crippen molar-refractivity contribution < 1.29 is 4.74 Å². The first-order chi connectivity index (χ1) is 9.10. The summed E-state index contributed by atoms with van der Waals surface area (Å²) in [4.78, 5) is 14.4. The summed E-state index contributed by atoms with van der Waals surface area (Å²) in [5, 5.41) is 0. The second-order valence-corrected chi connectivity index (χ2v) is 5.20. The van der Waals surface area contributed by atoms with Crippen LogP contribution in [0.1, 0.15) is 32.6 Å². The average molecular weight is 266 g/mol. The number of nitrogen functional groups attached to an aromatic ring is 1. The normalized spacial score (nSPS) is 22.9. The van der Waals surface area contributed by atoms with Crippen LogP contribution in [0.4, 0.5) is 11.9 Å². The van der Waals surface area contributed by atoms with Gasteiger partial charge >= 0.3 is 6.01 Å². The molecule has 2 atom stereocenters. The van der Waals surface area contributed by atoms with Gasteiger partial charge in [0, 0.05) is 14.1 Å². The number of ether oxygens (including phenoxy) is 1.